The summed E-state index contributed by atoms with van der Waals surface area (Å²) in [5, 5.41) is 21.0. The van der Waals surface area contributed by atoms with Gasteiger partial charge in [0.25, 0.3) is 0 Å². The molecule has 1 heterocycles. The van der Waals surface area contributed by atoms with Crippen molar-refractivity contribution in [3.05, 3.63) is 81.1 Å². The Labute approximate surface area is 187 Å². The van der Waals surface area contributed by atoms with Crippen LogP contribution >= 0.6 is 0 Å². The number of hydrogen-bond donors (Lipinski definition) is 3. The first-order valence-electron chi connectivity index (χ1n) is 10.6. The number of carboxylic acid groups (broad SMARTS) is 1. The van der Waals surface area contributed by atoms with Gasteiger partial charge in [-0.3, -0.25) is 10.1 Å². The Morgan fingerprint density at radius 2 is 1.91 bits per heavy atom. The Kier molecular flexibility index (Phi) is 9.01. The molecular weight excluding hydrogens is 410 g/mol. The average Bonchev–Trinajstić information content (AvgIpc) is 2.74. The van der Waals surface area contributed by atoms with Crippen molar-refractivity contribution in [2.24, 2.45) is 0 Å². The highest BCUT2D eigenvalue weighted by atomic mass is 16.4. The number of allylic oxidation sites excluding steroid dienone is 2. The van der Waals surface area contributed by atoms with E-state index in [1.165, 1.54) is 17.8 Å². The smallest absolute Gasteiger partial charge is 0.408 e. The summed E-state index contributed by atoms with van der Waals surface area (Å²) in [7, 11) is 0. The lowest BCUT2D eigenvalue weighted by Crippen LogP contribution is -2.16. The van der Waals surface area contributed by atoms with Crippen molar-refractivity contribution in [2.45, 2.75) is 52.4 Å². The molecule has 7 nitrogen and oxygen atoms in total. The number of Topliss-reactive ketones (excluding diaryl/α,β-unsaturated/α-hetero) is 1. The van der Waals surface area contributed by atoms with Crippen molar-refractivity contribution in [2.75, 3.05) is 0 Å². The number of rotatable bonds is 10. The number of aryl methyl sites for hydroxylation is 1. The van der Waals surface area contributed by atoms with Gasteiger partial charge < -0.3 is 14.6 Å². The van der Waals surface area contributed by atoms with Gasteiger partial charge in [-0.1, -0.05) is 50.6 Å². The molecule has 1 aromatic heterocycles. The second-order valence-corrected chi connectivity index (χ2v) is 7.67. The van der Waals surface area contributed by atoms with E-state index in [1.54, 1.807) is 19.1 Å². The molecule has 1 amide bonds. The number of amides is 1. The first-order valence-corrected chi connectivity index (χ1v) is 10.6. The summed E-state index contributed by atoms with van der Waals surface area (Å²) in [4.78, 5) is 35.7. The molecule has 32 heavy (non-hydrogen) atoms. The highest BCUT2D eigenvalue weighted by Gasteiger charge is 2.22. The summed E-state index contributed by atoms with van der Waals surface area (Å²) in [5.74, 6) is -0.958. The van der Waals surface area contributed by atoms with Gasteiger partial charge in [0, 0.05) is 18.2 Å². The minimum Gasteiger partial charge on any atom is -0.507 e. The molecule has 0 bridgehead atoms. The van der Waals surface area contributed by atoms with E-state index in [2.05, 4.69) is 12.2 Å². The van der Waals surface area contributed by atoms with Gasteiger partial charge in [0.1, 0.15) is 17.1 Å². The van der Waals surface area contributed by atoms with Crippen LogP contribution in [0.1, 0.15) is 73.2 Å². The van der Waals surface area contributed by atoms with Gasteiger partial charge >= 0.3 is 11.7 Å². The normalized spacial score (nSPS) is 12.7. The Balaban J connectivity index is 2.14. The zero-order chi connectivity index (χ0) is 23.7. The van der Waals surface area contributed by atoms with E-state index >= 15 is 0 Å². The lowest BCUT2D eigenvalue weighted by Gasteiger charge is -2.11. The number of ketones is 1. The SMILES string of the molecule is CCCc1ccc(C=C(C)C(=O)c2c(O)cc(C(C)CCC=CNC(=O)O)oc2=O)cc1. The van der Waals surface area contributed by atoms with E-state index in [0.29, 0.717) is 18.4 Å². The zero-order valence-electron chi connectivity index (χ0n) is 18.6. The zero-order valence-corrected chi connectivity index (χ0v) is 18.6. The summed E-state index contributed by atoms with van der Waals surface area (Å²) in [6, 6.07) is 9.13. The monoisotopic (exact) mass is 439 g/mol. The van der Waals surface area contributed by atoms with Crippen LogP contribution in [0, 0.1) is 0 Å². The molecule has 3 N–H and O–H groups in total. The Morgan fingerprint density at radius 1 is 1.22 bits per heavy atom. The van der Waals surface area contributed by atoms with Crippen LogP contribution in [0.25, 0.3) is 6.08 Å². The molecule has 0 radical (unpaired) electrons. The van der Waals surface area contributed by atoms with Crippen molar-refractivity contribution in [3.8, 4) is 5.75 Å². The molecule has 0 spiro atoms. The predicted molar refractivity (Wildman–Crippen MR) is 123 cm³/mol. The van der Waals surface area contributed by atoms with Crippen molar-refractivity contribution >= 4 is 18.0 Å². The van der Waals surface area contributed by atoms with E-state index < -0.39 is 23.3 Å². The Bertz CT molecular complexity index is 1060. The maximum absolute atomic E-state index is 12.8. The fraction of sp³-hybridized carbons (Fsp3) is 0.320. The maximum Gasteiger partial charge on any atom is 0.408 e. The first-order chi connectivity index (χ1) is 15.2. The largest absolute Gasteiger partial charge is 0.507 e. The number of carbonyl (C=O) groups is 2. The van der Waals surface area contributed by atoms with Crippen LogP contribution < -0.4 is 10.9 Å². The summed E-state index contributed by atoms with van der Waals surface area (Å²) in [6.07, 6.45) is 6.60. The van der Waals surface area contributed by atoms with Gasteiger partial charge in [0.2, 0.25) is 0 Å². The minimum absolute atomic E-state index is 0.217. The lowest BCUT2D eigenvalue weighted by atomic mass is 9.99. The number of nitrogens with one attached hydrogen (secondary N) is 1. The summed E-state index contributed by atoms with van der Waals surface area (Å²) < 4.78 is 5.31. The van der Waals surface area contributed by atoms with Gasteiger partial charge in [0.15, 0.2) is 5.78 Å². The number of hydrogen-bond acceptors (Lipinski definition) is 5. The van der Waals surface area contributed by atoms with E-state index in [9.17, 15) is 19.5 Å². The fourth-order valence-electron chi connectivity index (χ4n) is 3.23. The number of carbonyl (C=O) groups excluding carboxylic acids is 1. The van der Waals surface area contributed by atoms with Crippen LogP contribution in [-0.4, -0.2) is 22.1 Å². The summed E-state index contributed by atoms with van der Waals surface area (Å²) >= 11 is 0. The van der Waals surface area contributed by atoms with Gasteiger partial charge in [-0.2, -0.15) is 0 Å². The quantitative estimate of drug-likeness (QED) is 0.344. The third-order valence-corrected chi connectivity index (χ3v) is 5.01. The minimum atomic E-state index is -1.15. The molecule has 0 saturated heterocycles. The van der Waals surface area contributed by atoms with Crippen LogP contribution in [0.2, 0.25) is 0 Å². The summed E-state index contributed by atoms with van der Waals surface area (Å²) in [5.41, 5.74) is 1.09. The van der Waals surface area contributed by atoms with Crippen molar-refractivity contribution in [1.82, 2.24) is 5.32 Å². The molecule has 0 fully saturated rings. The topological polar surface area (TPSA) is 117 Å². The first kappa shape index (κ1) is 24.7. The van der Waals surface area contributed by atoms with Crippen LogP contribution in [0.15, 0.2) is 57.4 Å². The summed E-state index contributed by atoms with van der Waals surface area (Å²) in [6.45, 7) is 5.51. The van der Waals surface area contributed by atoms with Crippen LogP contribution in [0.4, 0.5) is 4.79 Å². The third-order valence-electron chi connectivity index (χ3n) is 5.01. The van der Waals surface area contributed by atoms with Crippen LogP contribution in [0.5, 0.6) is 5.75 Å². The molecule has 0 aliphatic rings. The van der Waals surface area contributed by atoms with Gasteiger partial charge in [-0.15, -0.1) is 0 Å². The number of aromatic hydroxyl groups is 1. The Hall–Kier alpha value is -3.61. The van der Waals surface area contributed by atoms with Gasteiger partial charge in [0.05, 0.1) is 0 Å². The van der Waals surface area contributed by atoms with Crippen molar-refractivity contribution in [3.63, 3.8) is 0 Å². The molecule has 7 heteroatoms. The average molecular weight is 440 g/mol. The van der Waals surface area contributed by atoms with E-state index in [0.717, 1.165) is 18.4 Å². The molecule has 0 aliphatic carbocycles. The van der Waals surface area contributed by atoms with Crippen molar-refractivity contribution < 1.29 is 24.2 Å². The van der Waals surface area contributed by atoms with Gasteiger partial charge in [-0.25, -0.2) is 9.59 Å². The molecule has 170 valence electrons. The second-order valence-electron chi connectivity index (χ2n) is 7.67. The standard InChI is InChI=1S/C25H29NO6/c1-4-7-18-9-11-19(12-10-18)14-17(3)23(28)22-20(27)15-21(32-24(22)29)16(2)8-5-6-13-26-25(30)31/h6,9-16,26-27H,4-5,7-8H2,1-3H3,(H,30,31). The van der Waals surface area contributed by atoms with Gasteiger partial charge in [-0.05, 0) is 49.0 Å². The number of benzene rings is 1. The molecular formula is C25H29NO6. The van der Waals surface area contributed by atoms with Crippen LogP contribution in [0.3, 0.4) is 0 Å². The highest BCUT2D eigenvalue weighted by molar-refractivity contribution is 6.12. The lowest BCUT2D eigenvalue weighted by molar-refractivity contribution is 0.102. The molecule has 1 aromatic carbocycles. The third kappa shape index (κ3) is 6.97. The van der Waals surface area contributed by atoms with Crippen molar-refractivity contribution in [1.29, 1.82) is 0 Å². The van der Waals surface area contributed by atoms with E-state index in [4.69, 9.17) is 9.52 Å². The second kappa shape index (κ2) is 11.7. The molecule has 0 saturated carbocycles. The van der Waals surface area contributed by atoms with E-state index in [1.807, 2.05) is 31.2 Å². The fourth-order valence-corrected chi connectivity index (χ4v) is 3.23. The van der Waals surface area contributed by atoms with Crippen LogP contribution in [-0.2, 0) is 6.42 Å². The van der Waals surface area contributed by atoms with E-state index in [-0.39, 0.29) is 17.2 Å². The maximum atomic E-state index is 12.8. The molecule has 1 unspecified atom stereocenters. The highest BCUT2D eigenvalue weighted by Crippen LogP contribution is 2.26. The predicted octanol–water partition coefficient (Wildman–Crippen LogP) is 5.25. The Morgan fingerprint density at radius 3 is 2.50 bits per heavy atom. The molecule has 1 atom stereocenters. The molecule has 2 aromatic rings. The molecule has 0 aliphatic heterocycles. The molecule has 2 rings (SSSR count).